The summed E-state index contributed by atoms with van der Waals surface area (Å²) >= 11 is 0. The molecule has 0 saturated heterocycles. The Balaban J connectivity index is 1.47. The molecular formula is C24H32FNO. The Kier molecular flexibility index (Phi) is 4.48. The summed E-state index contributed by atoms with van der Waals surface area (Å²) in [7, 11) is 0. The van der Waals surface area contributed by atoms with Crippen LogP contribution in [0.1, 0.15) is 75.7 Å². The molecule has 0 heterocycles. The molecule has 27 heavy (non-hydrogen) atoms. The zero-order valence-electron chi connectivity index (χ0n) is 17.0. The van der Waals surface area contributed by atoms with Crippen LogP contribution in [-0.2, 0) is 0 Å². The molecule has 0 radical (unpaired) electrons. The number of carbonyl (C=O) groups excluding carboxylic acids is 1. The Morgan fingerprint density at radius 3 is 2.15 bits per heavy atom. The molecule has 0 spiro atoms. The molecule has 3 heteroatoms. The Morgan fingerprint density at radius 2 is 1.63 bits per heavy atom. The minimum atomic E-state index is -1.18. The van der Waals surface area contributed by atoms with E-state index in [1.54, 1.807) is 0 Å². The first-order chi connectivity index (χ1) is 12.6. The van der Waals surface area contributed by atoms with Crippen LogP contribution in [0, 0.1) is 23.2 Å². The van der Waals surface area contributed by atoms with Gasteiger partial charge in [0, 0.05) is 5.56 Å². The highest BCUT2D eigenvalue weighted by molar-refractivity contribution is 5.94. The molecule has 4 fully saturated rings. The molecule has 1 N–H and O–H groups in total. The zero-order chi connectivity index (χ0) is 19.4. The molecule has 0 aliphatic heterocycles. The topological polar surface area (TPSA) is 29.1 Å². The molecule has 4 aliphatic carbocycles. The van der Waals surface area contributed by atoms with E-state index >= 15 is 4.39 Å². The summed E-state index contributed by atoms with van der Waals surface area (Å²) in [5.74, 6) is 1.27. The van der Waals surface area contributed by atoms with Crippen LogP contribution in [0.15, 0.2) is 30.3 Å². The normalized spacial score (nSPS) is 35.4. The number of benzene rings is 1. The molecule has 4 bridgehead atoms. The van der Waals surface area contributed by atoms with Gasteiger partial charge in [-0.05, 0) is 85.5 Å². The van der Waals surface area contributed by atoms with Gasteiger partial charge in [-0.2, -0.15) is 0 Å². The number of nitrogens with one attached hydrogen (secondary N) is 1. The van der Waals surface area contributed by atoms with Crippen molar-refractivity contribution >= 4 is 11.5 Å². The third kappa shape index (κ3) is 3.70. The van der Waals surface area contributed by atoms with Crippen molar-refractivity contribution in [1.29, 1.82) is 0 Å². The minimum absolute atomic E-state index is 0.120. The van der Waals surface area contributed by atoms with Crippen molar-refractivity contribution in [2.24, 2.45) is 23.2 Å². The number of amides is 1. The van der Waals surface area contributed by atoms with Crippen molar-refractivity contribution < 1.29 is 9.18 Å². The fourth-order valence-corrected chi connectivity index (χ4v) is 6.03. The lowest BCUT2D eigenvalue weighted by molar-refractivity contribution is -0.0987. The summed E-state index contributed by atoms with van der Waals surface area (Å²) in [5.41, 5.74) is 1.89. The van der Waals surface area contributed by atoms with Gasteiger partial charge in [0.2, 0.25) is 0 Å². The Morgan fingerprint density at radius 1 is 1.07 bits per heavy atom. The van der Waals surface area contributed by atoms with Crippen molar-refractivity contribution in [3.8, 4) is 0 Å². The molecule has 0 aromatic heterocycles. The van der Waals surface area contributed by atoms with Crippen LogP contribution < -0.4 is 5.32 Å². The van der Waals surface area contributed by atoms with Gasteiger partial charge in [0.05, 0.1) is 6.04 Å². The van der Waals surface area contributed by atoms with Gasteiger partial charge in [-0.3, -0.25) is 4.79 Å². The number of hydrogen-bond acceptors (Lipinski definition) is 1. The first-order valence-electron chi connectivity index (χ1n) is 10.4. The second-order valence-electron chi connectivity index (χ2n) is 10.4. The molecule has 146 valence electrons. The van der Waals surface area contributed by atoms with Crippen LogP contribution in [0.4, 0.5) is 4.39 Å². The lowest BCUT2D eigenvalue weighted by atomic mass is 9.52. The number of rotatable bonds is 3. The molecule has 2 nitrogen and oxygen atoms in total. The molecule has 4 aliphatic rings. The van der Waals surface area contributed by atoms with E-state index in [1.807, 2.05) is 24.3 Å². The molecule has 4 saturated carbocycles. The minimum Gasteiger partial charge on any atom is -0.346 e. The number of allylic oxidation sites excluding steroid dienone is 2. The van der Waals surface area contributed by atoms with E-state index in [4.69, 9.17) is 0 Å². The highest BCUT2D eigenvalue weighted by atomic mass is 19.1. The van der Waals surface area contributed by atoms with Crippen LogP contribution in [0.5, 0.6) is 0 Å². The summed E-state index contributed by atoms with van der Waals surface area (Å²) in [6.07, 6.45) is 6.89. The summed E-state index contributed by atoms with van der Waals surface area (Å²) in [6.45, 7) is 8.63. The number of alkyl halides is 1. The van der Waals surface area contributed by atoms with Gasteiger partial charge in [-0.15, -0.1) is 0 Å². The average molecular weight is 370 g/mol. The molecular weight excluding hydrogens is 337 g/mol. The Hall–Kier alpha value is -1.64. The van der Waals surface area contributed by atoms with Gasteiger partial charge in [0.15, 0.2) is 0 Å². The monoisotopic (exact) mass is 369 g/mol. The van der Waals surface area contributed by atoms with E-state index in [0.717, 1.165) is 18.4 Å². The maximum atomic E-state index is 15.5. The summed E-state index contributed by atoms with van der Waals surface area (Å²) < 4.78 is 15.5. The second-order valence-corrected chi connectivity index (χ2v) is 10.4. The molecule has 1 amide bonds. The van der Waals surface area contributed by atoms with Crippen LogP contribution >= 0.6 is 0 Å². The van der Waals surface area contributed by atoms with Crippen molar-refractivity contribution in [2.75, 3.05) is 0 Å². The van der Waals surface area contributed by atoms with Gasteiger partial charge in [-0.1, -0.05) is 39.0 Å². The van der Waals surface area contributed by atoms with Crippen molar-refractivity contribution in [2.45, 2.75) is 71.5 Å². The van der Waals surface area contributed by atoms with Gasteiger partial charge in [0.25, 0.3) is 5.91 Å². The first kappa shape index (κ1) is 18.7. The van der Waals surface area contributed by atoms with Crippen molar-refractivity contribution in [3.63, 3.8) is 0 Å². The maximum absolute atomic E-state index is 15.5. The van der Waals surface area contributed by atoms with Crippen molar-refractivity contribution in [3.05, 3.63) is 41.5 Å². The average Bonchev–Trinajstić information content (AvgIpc) is 2.55. The second kappa shape index (κ2) is 6.46. The van der Waals surface area contributed by atoms with Gasteiger partial charge < -0.3 is 5.32 Å². The summed E-state index contributed by atoms with van der Waals surface area (Å²) in [6, 6.07) is 7.42. The predicted octanol–water partition coefficient (Wildman–Crippen LogP) is 5.78. The fourth-order valence-electron chi connectivity index (χ4n) is 6.03. The van der Waals surface area contributed by atoms with Crippen LogP contribution in [0.3, 0.4) is 0 Å². The zero-order valence-corrected chi connectivity index (χ0v) is 17.0. The largest absolute Gasteiger partial charge is 0.346 e. The van der Waals surface area contributed by atoms with E-state index in [1.165, 1.54) is 12.0 Å². The van der Waals surface area contributed by atoms with E-state index in [2.05, 4.69) is 39.1 Å². The quantitative estimate of drug-likeness (QED) is 0.718. The molecule has 1 unspecified atom stereocenters. The van der Waals surface area contributed by atoms with E-state index in [-0.39, 0.29) is 17.4 Å². The highest BCUT2D eigenvalue weighted by Crippen LogP contribution is 2.57. The molecule has 1 aromatic rings. The highest BCUT2D eigenvalue weighted by Gasteiger charge is 2.58. The van der Waals surface area contributed by atoms with Crippen LogP contribution in [0.2, 0.25) is 0 Å². The van der Waals surface area contributed by atoms with Gasteiger partial charge in [-0.25, -0.2) is 4.39 Å². The van der Waals surface area contributed by atoms with Crippen molar-refractivity contribution in [1.82, 2.24) is 5.32 Å². The van der Waals surface area contributed by atoms with Crippen LogP contribution in [0.25, 0.3) is 5.57 Å². The standard InChI is InChI=1S/C24H32FNO/c1-15(12-23(2,3)4)18-5-7-19(8-6-18)22(27)26-21-20-10-16-9-17(11-20)14-24(21,25)13-16/h5-8,12,16-17,20-21H,9-11,13-14H2,1-4H3,(H,26,27)/t16-,17-,20?,21?,24?/m1/s1. The van der Waals surface area contributed by atoms with E-state index in [9.17, 15) is 4.79 Å². The van der Waals surface area contributed by atoms with E-state index in [0.29, 0.717) is 36.2 Å². The lowest BCUT2D eigenvalue weighted by Gasteiger charge is -2.57. The van der Waals surface area contributed by atoms with Gasteiger partial charge >= 0.3 is 0 Å². The molecule has 5 rings (SSSR count). The van der Waals surface area contributed by atoms with Crippen LogP contribution in [-0.4, -0.2) is 17.6 Å². The molecule has 3 atom stereocenters. The third-order valence-corrected chi connectivity index (χ3v) is 6.76. The first-order valence-corrected chi connectivity index (χ1v) is 10.4. The fraction of sp³-hybridized carbons (Fsp3) is 0.625. The molecule has 1 aromatic carbocycles. The SMILES string of the molecule is CC(=CC(C)(C)C)c1ccc(C(=O)NC2C3C[C@H]4C[C@H](C3)CC2(F)C4)cc1. The number of hydrogen-bond donors (Lipinski definition) is 1. The third-order valence-electron chi connectivity index (χ3n) is 6.76. The van der Waals surface area contributed by atoms with E-state index < -0.39 is 5.67 Å². The predicted molar refractivity (Wildman–Crippen MR) is 108 cm³/mol. The summed E-state index contributed by atoms with van der Waals surface area (Å²) in [5, 5.41) is 3.08. The summed E-state index contributed by atoms with van der Waals surface area (Å²) in [4.78, 5) is 12.8. The maximum Gasteiger partial charge on any atom is 0.251 e. The van der Waals surface area contributed by atoms with Gasteiger partial charge in [0.1, 0.15) is 5.67 Å². The smallest absolute Gasteiger partial charge is 0.251 e. The Bertz CT molecular complexity index is 744. The number of halogens is 1. The Labute approximate surface area is 162 Å². The number of carbonyl (C=O) groups is 1. The lowest BCUT2D eigenvalue weighted by Crippen LogP contribution is -2.64.